The van der Waals surface area contributed by atoms with Gasteiger partial charge in [0.2, 0.25) is 5.95 Å². The van der Waals surface area contributed by atoms with Gasteiger partial charge in [0.25, 0.3) is 5.56 Å². The van der Waals surface area contributed by atoms with Gasteiger partial charge >= 0.3 is 5.97 Å². The van der Waals surface area contributed by atoms with Gasteiger partial charge in [0, 0.05) is 6.42 Å². The van der Waals surface area contributed by atoms with Crippen LogP contribution >= 0.6 is 11.8 Å². The molecule has 0 spiro atoms. The second kappa shape index (κ2) is 5.51. The van der Waals surface area contributed by atoms with Crippen molar-refractivity contribution in [3.05, 3.63) is 40.9 Å². The van der Waals surface area contributed by atoms with E-state index < -0.39 is 0 Å². The number of ether oxygens (including phenoxy) is 1. The maximum atomic E-state index is 12.8. The van der Waals surface area contributed by atoms with Gasteiger partial charge in [0.05, 0.1) is 17.5 Å². The summed E-state index contributed by atoms with van der Waals surface area (Å²) in [5, 5.41) is 6.93. The molecule has 9 heteroatoms. The maximum absolute atomic E-state index is 12.8. The molecule has 1 saturated heterocycles. The number of esters is 1. The molecular weight excluding hydrogens is 318 g/mol. The summed E-state index contributed by atoms with van der Waals surface area (Å²) in [5.74, 6) is -0.0244. The lowest BCUT2D eigenvalue weighted by Gasteiger charge is -2.12. The predicted molar refractivity (Wildman–Crippen MR) is 82.5 cm³/mol. The van der Waals surface area contributed by atoms with Crippen LogP contribution in [-0.4, -0.2) is 42.6 Å². The third-order valence-electron chi connectivity index (χ3n) is 3.49. The molecule has 0 bridgehead atoms. The van der Waals surface area contributed by atoms with Gasteiger partial charge in [-0.2, -0.15) is 10.1 Å². The van der Waals surface area contributed by atoms with Crippen LogP contribution in [0.5, 0.6) is 0 Å². The molecule has 3 aromatic rings. The largest absolute Gasteiger partial charge is 0.465 e. The van der Waals surface area contributed by atoms with E-state index in [-0.39, 0.29) is 22.7 Å². The van der Waals surface area contributed by atoms with Crippen LogP contribution in [0, 0.1) is 0 Å². The zero-order valence-corrected chi connectivity index (χ0v) is 12.6. The molecule has 0 radical (unpaired) electrons. The smallest absolute Gasteiger partial charge is 0.319 e. The van der Waals surface area contributed by atoms with E-state index >= 15 is 0 Å². The fourth-order valence-electron chi connectivity index (χ4n) is 2.40. The fraction of sp³-hybridized carbons (Fsp3) is 0.214. The minimum atomic E-state index is -0.378. The summed E-state index contributed by atoms with van der Waals surface area (Å²) in [6.07, 6.45) is 1.90. The zero-order valence-electron chi connectivity index (χ0n) is 11.8. The van der Waals surface area contributed by atoms with Crippen molar-refractivity contribution in [1.82, 2.24) is 24.7 Å². The van der Waals surface area contributed by atoms with Crippen LogP contribution in [0.2, 0.25) is 0 Å². The molecule has 1 aliphatic heterocycles. The van der Waals surface area contributed by atoms with Crippen LogP contribution in [-0.2, 0) is 9.53 Å². The number of aromatic nitrogens is 5. The van der Waals surface area contributed by atoms with Crippen LogP contribution in [0.15, 0.2) is 40.5 Å². The molecule has 1 N–H and O–H groups in total. The molecule has 0 aliphatic carbocycles. The third-order valence-corrected chi connectivity index (χ3v) is 4.69. The molecule has 0 saturated carbocycles. The number of carbonyl (C=O) groups excluding carboxylic acids is 1. The van der Waals surface area contributed by atoms with E-state index in [1.807, 2.05) is 6.07 Å². The first kappa shape index (κ1) is 13.9. The van der Waals surface area contributed by atoms with E-state index in [1.165, 1.54) is 22.7 Å². The highest BCUT2D eigenvalue weighted by molar-refractivity contribution is 8.00. The zero-order chi connectivity index (χ0) is 15.8. The summed E-state index contributed by atoms with van der Waals surface area (Å²) in [4.78, 5) is 33.1. The number of nitrogens with one attached hydrogen (secondary N) is 1. The molecule has 1 fully saturated rings. The van der Waals surface area contributed by atoms with E-state index in [0.717, 1.165) is 0 Å². The summed E-state index contributed by atoms with van der Waals surface area (Å²) in [6, 6.07) is 7.05. The predicted octanol–water partition coefficient (Wildman–Crippen LogP) is 0.911. The average molecular weight is 329 g/mol. The van der Waals surface area contributed by atoms with Crippen LogP contribution in [0.25, 0.3) is 16.9 Å². The van der Waals surface area contributed by atoms with Crippen molar-refractivity contribution in [2.45, 2.75) is 16.8 Å². The molecule has 1 aliphatic rings. The van der Waals surface area contributed by atoms with Crippen molar-refractivity contribution in [3.63, 3.8) is 0 Å². The van der Waals surface area contributed by atoms with Crippen molar-refractivity contribution >= 4 is 28.6 Å². The van der Waals surface area contributed by atoms with Crippen molar-refractivity contribution in [2.24, 2.45) is 0 Å². The Hall–Kier alpha value is -2.68. The minimum absolute atomic E-state index is 0.263. The molecule has 116 valence electrons. The van der Waals surface area contributed by atoms with Gasteiger partial charge in [-0.1, -0.05) is 23.9 Å². The highest BCUT2D eigenvalue weighted by atomic mass is 32.2. The molecular formula is C14H11N5O3S. The number of hydrogen-bond acceptors (Lipinski definition) is 7. The molecule has 23 heavy (non-hydrogen) atoms. The SMILES string of the molecule is O=C1OCC[C@H]1Sc1nc2ccccc2c(=O)n1-c1ncn[nH]1. The van der Waals surface area contributed by atoms with Crippen molar-refractivity contribution in [3.8, 4) is 5.95 Å². The Bertz CT molecular complexity index is 937. The lowest BCUT2D eigenvalue weighted by molar-refractivity contribution is -0.137. The number of rotatable bonds is 3. The number of thioether (sulfide) groups is 1. The highest BCUT2D eigenvalue weighted by Crippen LogP contribution is 2.29. The molecule has 2 aromatic heterocycles. The van der Waals surface area contributed by atoms with Gasteiger partial charge in [-0.25, -0.2) is 14.6 Å². The summed E-state index contributed by atoms with van der Waals surface area (Å²) >= 11 is 1.20. The third kappa shape index (κ3) is 2.38. The van der Waals surface area contributed by atoms with Gasteiger partial charge in [0.15, 0.2) is 5.16 Å². The normalized spacial score (nSPS) is 17.6. The summed E-state index contributed by atoms with van der Waals surface area (Å²) in [5.41, 5.74) is 0.309. The van der Waals surface area contributed by atoms with Gasteiger partial charge in [-0.3, -0.25) is 9.59 Å². The number of para-hydroxylation sites is 1. The number of benzene rings is 1. The van der Waals surface area contributed by atoms with E-state index in [0.29, 0.717) is 29.1 Å². The van der Waals surface area contributed by atoms with E-state index in [4.69, 9.17) is 4.74 Å². The Morgan fingerprint density at radius 1 is 1.30 bits per heavy atom. The van der Waals surface area contributed by atoms with Gasteiger partial charge in [0.1, 0.15) is 11.6 Å². The Morgan fingerprint density at radius 3 is 2.91 bits per heavy atom. The van der Waals surface area contributed by atoms with Crippen LogP contribution in [0.1, 0.15) is 6.42 Å². The average Bonchev–Trinajstić information content (AvgIpc) is 3.20. The lowest BCUT2D eigenvalue weighted by atomic mass is 10.2. The minimum Gasteiger partial charge on any atom is -0.465 e. The first-order chi connectivity index (χ1) is 11.2. The Kier molecular flexibility index (Phi) is 3.34. The number of H-pyrrole nitrogens is 1. The van der Waals surface area contributed by atoms with Crippen molar-refractivity contribution in [1.29, 1.82) is 0 Å². The van der Waals surface area contributed by atoms with Crippen molar-refractivity contribution in [2.75, 3.05) is 6.61 Å². The standard InChI is InChI=1S/C14H11N5O3S/c20-11-8-3-1-2-4-9(8)17-14(19(11)13-15-7-16-18-13)23-10-5-6-22-12(10)21/h1-4,7,10H,5-6H2,(H,15,16,18)/t10-/m1/s1. The summed E-state index contributed by atoms with van der Waals surface area (Å²) in [7, 11) is 0. The van der Waals surface area contributed by atoms with Crippen molar-refractivity contribution < 1.29 is 9.53 Å². The molecule has 3 heterocycles. The van der Waals surface area contributed by atoms with E-state index in [2.05, 4.69) is 20.2 Å². The summed E-state index contributed by atoms with van der Waals surface area (Å²) in [6.45, 7) is 0.386. The Morgan fingerprint density at radius 2 is 2.17 bits per heavy atom. The van der Waals surface area contributed by atoms with Gasteiger partial charge in [-0.05, 0) is 12.1 Å². The summed E-state index contributed by atoms with van der Waals surface area (Å²) < 4.78 is 6.31. The van der Waals surface area contributed by atoms with Crippen LogP contribution < -0.4 is 5.56 Å². The second-order valence-electron chi connectivity index (χ2n) is 4.92. The Labute approximate surface area is 133 Å². The number of fused-ring (bicyclic) bond motifs is 1. The number of hydrogen-bond donors (Lipinski definition) is 1. The molecule has 4 rings (SSSR count). The monoisotopic (exact) mass is 329 g/mol. The molecule has 1 atom stereocenters. The van der Waals surface area contributed by atoms with Gasteiger partial charge < -0.3 is 4.74 Å². The lowest BCUT2D eigenvalue weighted by Crippen LogP contribution is -2.24. The molecule has 0 unspecified atom stereocenters. The number of cyclic esters (lactones) is 1. The molecule has 0 amide bonds. The fourth-order valence-corrected chi connectivity index (χ4v) is 3.46. The molecule has 1 aromatic carbocycles. The van der Waals surface area contributed by atoms with E-state index in [1.54, 1.807) is 18.2 Å². The highest BCUT2D eigenvalue weighted by Gasteiger charge is 2.30. The quantitative estimate of drug-likeness (QED) is 0.563. The Balaban J connectivity index is 1.92. The first-order valence-electron chi connectivity index (χ1n) is 6.95. The number of nitrogens with zero attached hydrogens (tertiary/aromatic N) is 4. The topological polar surface area (TPSA) is 103 Å². The van der Waals surface area contributed by atoms with Crippen LogP contribution in [0.3, 0.4) is 0 Å². The van der Waals surface area contributed by atoms with E-state index in [9.17, 15) is 9.59 Å². The number of carbonyl (C=O) groups is 1. The number of aromatic amines is 1. The second-order valence-corrected chi connectivity index (χ2v) is 6.09. The molecule has 8 nitrogen and oxygen atoms in total. The van der Waals surface area contributed by atoms with Gasteiger partial charge in [-0.15, -0.1) is 0 Å². The van der Waals surface area contributed by atoms with Crippen LogP contribution in [0.4, 0.5) is 0 Å². The first-order valence-corrected chi connectivity index (χ1v) is 7.83. The maximum Gasteiger partial charge on any atom is 0.319 e.